The van der Waals surface area contributed by atoms with Crippen LogP contribution in [0, 0.1) is 0 Å². The van der Waals surface area contributed by atoms with E-state index >= 15 is 0 Å². The Morgan fingerprint density at radius 2 is 2.40 bits per heavy atom. The van der Waals surface area contributed by atoms with E-state index in [1.165, 1.54) is 5.56 Å². The number of nitrogens with zero attached hydrogens (tertiary/aromatic N) is 2. The zero-order valence-electron chi connectivity index (χ0n) is 9.09. The average Bonchev–Trinajstić information content (AvgIpc) is 2.49. The molecule has 0 aliphatic carbocycles. The molecule has 84 valence electrons. The predicted octanol–water partition coefficient (Wildman–Crippen LogP) is 0.940. The van der Waals surface area contributed by atoms with Gasteiger partial charge >= 0.3 is 0 Å². The third-order valence-electron chi connectivity index (χ3n) is 2.48. The van der Waals surface area contributed by atoms with Crippen LogP contribution in [0.2, 0.25) is 0 Å². The molecule has 2 N–H and O–H groups in total. The summed E-state index contributed by atoms with van der Waals surface area (Å²) in [6, 6.07) is 0.139. The normalized spacial score (nSPS) is 21.0. The van der Waals surface area contributed by atoms with E-state index in [2.05, 4.69) is 5.10 Å². The minimum atomic E-state index is 0.139. The summed E-state index contributed by atoms with van der Waals surface area (Å²) in [4.78, 5) is 0. The van der Waals surface area contributed by atoms with Crippen LogP contribution >= 0.6 is 11.8 Å². The van der Waals surface area contributed by atoms with E-state index in [1.807, 2.05) is 42.8 Å². The Kier molecular flexibility index (Phi) is 3.33. The van der Waals surface area contributed by atoms with Crippen molar-refractivity contribution in [3.05, 3.63) is 18.0 Å². The number of rotatable bonds is 4. The molecule has 1 aliphatic rings. The quantitative estimate of drug-likeness (QED) is 0.831. The summed E-state index contributed by atoms with van der Waals surface area (Å²) >= 11 is 1.90. The van der Waals surface area contributed by atoms with Gasteiger partial charge in [-0.1, -0.05) is 0 Å². The van der Waals surface area contributed by atoms with Gasteiger partial charge in [0, 0.05) is 30.1 Å². The lowest BCUT2D eigenvalue weighted by Crippen LogP contribution is -2.34. The van der Waals surface area contributed by atoms with E-state index in [1.54, 1.807) is 0 Å². The highest BCUT2D eigenvalue weighted by Crippen LogP contribution is 2.36. The van der Waals surface area contributed by atoms with Gasteiger partial charge in [-0.2, -0.15) is 5.10 Å². The second-order valence-corrected chi connectivity index (χ2v) is 5.47. The van der Waals surface area contributed by atoms with Gasteiger partial charge in [-0.05, 0) is 6.92 Å². The van der Waals surface area contributed by atoms with Crippen LogP contribution in [-0.2, 0) is 11.8 Å². The SMILES string of the molecule is CC(N)C(SC1COC1)c1cnn(C)c1. The first-order valence-corrected chi connectivity index (χ1v) is 6.08. The first-order chi connectivity index (χ1) is 7.16. The number of nitrogens with two attached hydrogens (primary N) is 1. The van der Waals surface area contributed by atoms with Crippen LogP contribution < -0.4 is 5.73 Å². The van der Waals surface area contributed by atoms with E-state index in [0.29, 0.717) is 10.5 Å². The van der Waals surface area contributed by atoms with E-state index in [4.69, 9.17) is 10.5 Å². The number of thioether (sulfide) groups is 1. The van der Waals surface area contributed by atoms with E-state index in [-0.39, 0.29) is 6.04 Å². The van der Waals surface area contributed by atoms with Crippen molar-refractivity contribution < 1.29 is 4.74 Å². The molecule has 2 unspecified atom stereocenters. The molecule has 5 heteroatoms. The predicted molar refractivity (Wildman–Crippen MR) is 61.8 cm³/mol. The maximum Gasteiger partial charge on any atom is 0.0608 e. The highest BCUT2D eigenvalue weighted by Gasteiger charge is 2.27. The largest absolute Gasteiger partial charge is 0.379 e. The second-order valence-electron chi connectivity index (χ2n) is 4.02. The highest BCUT2D eigenvalue weighted by atomic mass is 32.2. The Morgan fingerprint density at radius 1 is 1.67 bits per heavy atom. The smallest absolute Gasteiger partial charge is 0.0608 e. The molecule has 2 atom stereocenters. The van der Waals surface area contributed by atoms with Crippen molar-refractivity contribution in [2.24, 2.45) is 12.8 Å². The van der Waals surface area contributed by atoms with Crippen LogP contribution in [0.1, 0.15) is 17.7 Å². The summed E-state index contributed by atoms with van der Waals surface area (Å²) in [6.07, 6.45) is 3.95. The standard InChI is InChI=1S/C10H17N3OS/c1-7(11)10(15-9-5-14-6-9)8-3-12-13(2)4-8/h3-4,7,9-10H,5-6,11H2,1-2H3. The number of ether oxygens (including phenoxy) is 1. The minimum absolute atomic E-state index is 0.139. The highest BCUT2D eigenvalue weighted by molar-refractivity contribution is 8.00. The summed E-state index contributed by atoms with van der Waals surface area (Å²) in [6.45, 7) is 3.76. The minimum Gasteiger partial charge on any atom is -0.379 e. The van der Waals surface area contributed by atoms with Gasteiger partial charge in [0.25, 0.3) is 0 Å². The Morgan fingerprint density at radius 3 is 2.80 bits per heavy atom. The molecule has 1 aliphatic heterocycles. The molecule has 1 aromatic rings. The van der Waals surface area contributed by atoms with E-state index in [0.717, 1.165) is 13.2 Å². The van der Waals surface area contributed by atoms with Crippen molar-refractivity contribution in [2.75, 3.05) is 13.2 Å². The zero-order valence-corrected chi connectivity index (χ0v) is 9.91. The Bertz CT molecular complexity index is 322. The maximum atomic E-state index is 6.01. The molecule has 0 bridgehead atoms. The van der Waals surface area contributed by atoms with Crippen molar-refractivity contribution in [2.45, 2.75) is 23.5 Å². The molecule has 2 heterocycles. The van der Waals surface area contributed by atoms with Crippen LogP contribution in [-0.4, -0.2) is 34.3 Å². The molecule has 1 aromatic heterocycles. The Hall–Kier alpha value is -0.520. The first kappa shape index (κ1) is 11.0. The van der Waals surface area contributed by atoms with Gasteiger partial charge in [0.2, 0.25) is 0 Å². The fourth-order valence-electron chi connectivity index (χ4n) is 1.59. The lowest BCUT2D eigenvalue weighted by molar-refractivity contribution is 0.0452. The fraction of sp³-hybridized carbons (Fsp3) is 0.700. The molecule has 1 fully saturated rings. The lowest BCUT2D eigenvalue weighted by atomic mass is 10.1. The van der Waals surface area contributed by atoms with E-state index < -0.39 is 0 Å². The third-order valence-corrected chi connectivity index (χ3v) is 4.13. The summed E-state index contributed by atoms with van der Waals surface area (Å²) in [5.41, 5.74) is 7.22. The monoisotopic (exact) mass is 227 g/mol. The molecular formula is C10H17N3OS. The number of aromatic nitrogens is 2. The van der Waals surface area contributed by atoms with Crippen molar-refractivity contribution >= 4 is 11.8 Å². The first-order valence-electron chi connectivity index (χ1n) is 5.14. The van der Waals surface area contributed by atoms with Gasteiger partial charge in [-0.15, -0.1) is 11.8 Å². The molecule has 0 spiro atoms. The summed E-state index contributed by atoms with van der Waals surface area (Å²) in [7, 11) is 1.93. The van der Waals surface area contributed by atoms with Crippen LogP contribution in [0.15, 0.2) is 12.4 Å². The van der Waals surface area contributed by atoms with Crippen LogP contribution in [0.4, 0.5) is 0 Å². The van der Waals surface area contributed by atoms with Crippen LogP contribution in [0.3, 0.4) is 0 Å². The van der Waals surface area contributed by atoms with Gasteiger partial charge in [0.15, 0.2) is 0 Å². The average molecular weight is 227 g/mol. The fourth-order valence-corrected chi connectivity index (χ4v) is 2.88. The van der Waals surface area contributed by atoms with Gasteiger partial charge in [0.1, 0.15) is 0 Å². The van der Waals surface area contributed by atoms with Crippen molar-refractivity contribution in [3.8, 4) is 0 Å². The number of aryl methyl sites for hydroxylation is 1. The lowest BCUT2D eigenvalue weighted by Gasteiger charge is -2.30. The van der Waals surface area contributed by atoms with Crippen LogP contribution in [0.25, 0.3) is 0 Å². The number of hydrogen-bond donors (Lipinski definition) is 1. The molecule has 2 rings (SSSR count). The Labute approximate surface area is 94.2 Å². The Balaban J connectivity index is 2.04. The molecular weight excluding hydrogens is 210 g/mol. The van der Waals surface area contributed by atoms with Crippen molar-refractivity contribution in [1.82, 2.24) is 9.78 Å². The van der Waals surface area contributed by atoms with Crippen molar-refractivity contribution in [1.29, 1.82) is 0 Å². The molecule has 15 heavy (non-hydrogen) atoms. The topological polar surface area (TPSA) is 53.1 Å². The van der Waals surface area contributed by atoms with Crippen molar-refractivity contribution in [3.63, 3.8) is 0 Å². The summed E-state index contributed by atoms with van der Waals surface area (Å²) in [5, 5.41) is 5.11. The number of hydrogen-bond acceptors (Lipinski definition) is 4. The van der Waals surface area contributed by atoms with Crippen LogP contribution in [0.5, 0.6) is 0 Å². The maximum absolute atomic E-state index is 6.01. The summed E-state index contributed by atoms with van der Waals surface area (Å²) < 4.78 is 7.00. The molecule has 1 saturated heterocycles. The van der Waals surface area contributed by atoms with Gasteiger partial charge in [-0.3, -0.25) is 4.68 Å². The molecule has 0 amide bonds. The second kappa shape index (κ2) is 4.55. The molecule has 0 aromatic carbocycles. The third kappa shape index (κ3) is 2.53. The molecule has 0 saturated carbocycles. The zero-order chi connectivity index (χ0) is 10.8. The van der Waals surface area contributed by atoms with Gasteiger partial charge in [0.05, 0.1) is 24.7 Å². The summed E-state index contributed by atoms with van der Waals surface area (Å²) in [5.74, 6) is 0. The molecule has 0 radical (unpaired) electrons. The van der Waals surface area contributed by atoms with Gasteiger partial charge in [-0.25, -0.2) is 0 Å². The molecule has 4 nitrogen and oxygen atoms in total. The van der Waals surface area contributed by atoms with Gasteiger partial charge < -0.3 is 10.5 Å². The van der Waals surface area contributed by atoms with E-state index in [9.17, 15) is 0 Å².